The lowest BCUT2D eigenvalue weighted by atomic mass is 10.1. The van der Waals surface area contributed by atoms with Gasteiger partial charge in [0.2, 0.25) is 0 Å². The van der Waals surface area contributed by atoms with Gasteiger partial charge in [-0.3, -0.25) is 4.79 Å². The molecular formula is C26H25F3N6O. The molecule has 2 saturated heterocycles. The minimum atomic E-state index is -0.852. The van der Waals surface area contributed by atoms with Crippen LogP contribution >= 0.6 is 0 Å². The molecule has 1 amide bonds. The molecule has 5 rings (SSSR count). The zero-order valence-electron chi connectivity index (χ0n) is 19.6. The number of halogens is 3. The Morgan fingerprint density at radius 2 is 1.72 bits per heavy atom. The van der Waals surface area contributed by atoms with Crippen LogP contribution in [0.15, 0.2) is 36.4 Å². The number of anilines is 1. The number of benzene rings is 2. The highest BCUT2D eigenvalue weighted by molar-refractivity contribution is 5.94. The Balaban J connectivity index is 1.62. The van der Waals surface area contributed by atoms with Crippen molar-refractivity contribution >= 4 is 11.6 Å². The molecule has 0 radical (unpaired) electrons. The van der Waals surface area contributed by atoms with Crippen LogP contribution in [0.4, 0.5) is 18.9 Å². The smallest absolute Gasteiger partial charge is 0.274 e. The third kappa shape index (κ3) is 4.42. The molecule has 0 aliphatic carbocycles. The summed E-state index contributed by atoms with van der Waals surface area (Å²) in [5, 5.41) is 13.4. The monoisotopic (exact) mass is 494 g/mol. The van der Waals surface area contributed by atoms with Crippen LogP contribution in [0.5, 0.6) is 0 Å². The number of nitrogens with zero attached hydrogens (tertiary/aromatic N) is 5. The SMILES string of the molecule is N#Cc1ccc(-c2cc(C(=O)N3CCC[C@@H](N)C3)nn2-c2c(F)cc(N3CCCC3)cc2F)cc1F. The van der Waals surface area contributed by atoms with E-state index in [0.29, 0.717) is 31.9 Å². The van der Waals surface area contributed by atoms with Gasteiger partial charge < -0.3 is 15.5 Å². The number of piperidine rings is 1. The van der Waals surface area contributed by atoms with Gasteiger partial charge in [0.05, 0.1) is 11.3 Å². The first kappa shape index (κ1) is 23.9. The summed E-state index contributed by atoms with van der Waals surface area (Å²) < 4.78 is 46.3. The summed E-state index contributed by atoms with van der Waals surface area (Å²) in [6, 6.07) is 9.29. The fourth-order valence-electron chi connectivity index (χ4n) is 4.90. The Labute approximate surface area is 206 Å². The van der Waals surface area contributed by atoms with E-state index in [1.807, 2.05) is 4.90 Å². The Morgan fingerprint density at radius 3 is 2.36 bits per heavy atom. The van der Waals surface area contributed by atoms with Crippen LogP contribution in [0.2, 0.25) is 0 Å². The molecule has 1 aromatic heterocycles. The standard InChI is InChI=1S/C26H25F3N6O/c27-20-10-16(5-6-17(20)14-30)24-13-23(26(36)34-9-3-4-18(31)15-34)32-35(24)25-21(28)11-19(12-22(25)29)33-7-1-2-8-33/h5-6,10-13,18H,1-4,7-9,15,31H2/t18-/m1/s1. The van der Waals surface area contributed by atoms with Gasteiger partial charge in [0, 0.05) is 43.5 Å². The molecule has 2 aromatic carbocycles. The van der Waals surface area contributed by atoms with Gasteiger partial charge in [-0.25, -0.2) is 17.9 Å². The second-order valence-corrected chi connectivity index (χ2v) is 9.24. The first-order valence-corrected chi connectivity index (χ1v) is 11.9. The van der Waals surface area contributed by atoms with E-state index in [1.165, 1.54) is 30.3 Å². The molecule has 0 spiro atoms. The number of rotatable bonds is 4. The van der Waals surface area contributed by atoms with Crippen molar-refractivity contribution in [2.45, 2.75) is 31.7 Å². The van der Waals surface area contributed by atoms with Gasteiger partial charge in [-0.15, -0.1) is 0 Å². The van der Waals surface area contributed by atoms with Gasteiger partial charge in [0.25, 0.3) is 5.91 Å². The van der Waals surface area contributed by atoms with Crippen LogP contribution in [0, 0.1) is 28.8 Å². The normalized spacial score (nSPS) is 17.9. The van der Waals surface area contributed by atoms with Gasteiger partial charge in [-0.1, -0.05) is 6.07 Å². The third-order valence-electron chi connectivity index (χ3n) is 6.74. The average molecular weight is 495 g/mol. The molecule has 0 unspecified atom stereocenters. The number of likely N-dealkylation sites (tertiary alicyclic amines) is 1. The molecule has 7 nitrogen and oxygen atoms in total. The number of nitrogens with two attached hydrogens (primary N) is 1. The third-order valence-corrected chi connectivity index (χ3v) is 6.74. The molecule has 2 N–H and O–H groups in total. The highest BCUT2D eigenvalue weighted by Gasteiger charge is 2.28. The molecule has 0 saturated carbocycles. The van der Waals surface area contributed by atoms with E-state index >= 15 is 8.78 Å². The van der Waals surface area contributed by atoms with E-state index in [9.17, 15) is 9.18 Å². The maximum Gasteiger partial charge on any atom is 0.274 e. The number of amides is 1. The number of carbonyl (C=O) groups excluding carboxylic acids is 1. The quantitative estimate of drug-likeness (QED) is 0.592. The average Bonchev–Trinajstić information content (AvgIpc) is 3.54. The molecule has 2 fully saturated rings. The van der Waals surface area contributed by atoms with Gasteiger partial charge in [0.1, 0.15) is 17.6 Å². The summed E-state index contributed by atoms with van der Waals surface area (Å²) in [5.41, 5.74) is 6.12. The number of hydrogen-bond acceptors (Lipinski definition) is 5. The van der Waals surface area contributed by atoms with Crippen molar-refractivity contribution in [1.29, 1.82) is 5.26 Å². The largest absolute Gasteiger partial charge is 0.371 e. The van der Waals surface area contributed by atoms with Gasteiger partial charge in [0.15, 0.2) is 17.3 Å². The minimum absolute atomic E-state index is 0.0358. The second-order valence-electron chi connectivity index (χ2n) is 9.24. The van der Waals surface area contributed by atoms with Crippen molar-refractivity contribution in [2.24, 2.45) is 5.73 Å². The summed E-state index contributed by atoms with van der Waals surface area (Å²) in [6.45, 7) is 2.27. The predicted molar refractivity (Wildman–Crippen MR) is 128 cm³/mol. The lowest BCUT2D eigenvalue weighted by molar-refractivity contribution is 0.0702. The maximum absolute atomic E-state index is 15.4. The Morgan fingerprint density at radius 1 is 1.00 bits per heavy atom. The lowest BCUT2D eigenvalue weighted by Crippen LogP contribution is -2.45. The molecule has 2 aliphatic rings. The molecule has 3 heterocycles. The van der Waals surface area contributed by atoms with Crippen LogP contribution < -0.4 is 10.6 Å². The molecule has 0 bridgehead atoms. The first-order chi connectivity index (χ1) is 17.4. The molecule has 1 atom stereocenters. The topological polar surface area (TPSA) is 91.2 Å². The lowest BCUT2D eigenvalue weighted by Gasteiger charge is -2.30. The molecule has 36 heavy (non-hydrogen) atoms. The van der Waals surface area contributed by atoms with E-state index < -0.39 is 29.0 Å². The van der Waals surface area contributed by atoms with Crippen LogP contribution in [-0.2, 0) is 0 Å². The molecule has 3 aromatic rings. The van der Waals surface area contributed by atoms with Gasteiger partial charge in [-0.05, 0) is 56.0 Å². The van der Waals surface area contributed by atoms with E-state index in [2.05, 4.69) is 5.10 Å². The summed E-state index contributed by atoms with van der Waals surface area (Å²) >= 11 is 0. The van der Waals surface area contributed by atoms with Gasteiger partial charge >= 0.3 is 0 Å². The van der Waals surface area contributed by atoms with E-state index in [0.717, 1.165) is 36.4 Å². The van der Waals surface area contributed by atoms with Crippen molar-refractivity contribution in [2.75, 3.05) is 31.1 Å². The Kier molecular flexibility index (Phi) is 6.41. The van der Waals surface area contributed by atoms with Gasteiger partial charge in [-0.2, -0.15) is 10.4 Å². The number of carbonyl (C=O) groups is 1. The summed E-state index contributed by atoms with van der Waals surface area (Å²) in [6.07, 6.45) is 3.44. The summed E-state index contributed by atoms with van der Waals surface area (Å²) in [4.78, 5) is 16.7. The second kappa shape index (κ2) is 9.66. The first-order valence-electron chi connectivity index (χ1n) is 11.9. The number of aromatic nitrogens is 2. The Hall–Kier alpha value is -3.84. The van der Waals surface area contributed by atoms with Crippen molar-refractivity contribution in [3.8, 4) is 23.0 Å². The summed E-state index contributed by atoms with van der Waals surface area (Å²) in [5.74, 6) is -2.92. The zero-order chi connectivity index (χ0) is 25.4. The minimum Gasteiger partial charge on any atom is -0.371 e. The van der Waals surface area contributed by atoms with Crippen LogP contribution in [0.25, 0.3) is 16.9 Å². The van der Waals surface area contributed by atoms with Crippen molar-refractivity contribution < 1.29 is 18.0 Å². The fourth-order valence-corrected chi connectivity index (χ4v) is 4.90. The maximum atomic E-state index is 15.4. The Bertz CT molecular complexity index is 1340. The van der Waals surface area contributed by atoms with Crippen molar-refractivity contribution in [3.63, 3.8) is 0 Å². The van der Waals surface area contributed by atoms with Crippen molar-refractivity contribution in [1.82, 2.24) is 14.7 Å². The molecule has 2 aliphatic heterocycles. The molecular weight excluding hydrogens is 469 g/mol. The fraction of sp³-hybridized carbons (Fsp3) is 0.346. The number of nitriles is 1. The zero-order valence-corrected chi connectivity index (χ0v) is 19.6. The molecule has 186 valence electrons. The van der Waals surface area contributed by atoms with Crippen LogP contribution in [0.3, 0.4) is 0 Å². The van der Waals surface area contributed by atoms with Crippen LogP contribution in [0.1, 0.15) is 41.7 Å². The van der Waals surface area contributed by atoms with E-state index in [-0.39, 0.29) is 28.6 Å². The summed E-state index contributed by atoms with van der Waals surface area (Å²) in [7, 11) is 0. The van der Waals surface area contributed by atoms with E-state index in [4.69, 9.17) is 11.0 Å². The predicted octanol–water partition coefficient (Wildman–Crippen LogP) is 3.99. The number of hydrogen-bond donors (Lipinski definition) is 1. The highest BCUT2D eigenvalue weighted by atomic mass is 19.1. The van der Waals surface area contributed by atoms with Crippen molar-refractivity contribution in [3.05, 3.63) is 65.1 Å². The molecule has 10 heteroatoms. The highest BCUT2D eigenvalue weighted by Crippen LogP contribution is 2.32. The van der Waals surface area contributed by atoms with E-state index in [1.54, 1.807) is 11.0 Å². The van der Waals surface area contributed by atoms with Crippen LogP contribution in [-0.4, -0.2) is 52.8 Å².